The summed E-state index contributed by atoms with van der Waals surface area (Å²) in [4.78, 5) is 51.7. The first kappa shape index (κ1) is 49.5. The second-order valence-electron chi connectivity index (χ2n) is 18.1. The van der Waals surface area contributed by atoms with Gasteiger partial charge in [-0.2, -0.15) is 9.90 Å². The maximum atomic E-state index is 14.0. The van der Waals surface area contributed by atoms with Crippen molar-refractivity contribution in [1.29, 1.82) is 0 Å². The SMILES string of the molecule is Cc1cc(C)cc(C2=C3N=CC=C3C[NH+]2O[C@]2(CO)[C@@H](Oc3ccc4c(=O)c(-c5ccc(O)cc5)coc4c3)O[C@@H]([C@@](O)(CO)OC(=O)[C@H](C(=O)O)[C@@](O)(CCO)NC3CCCCC3)[C@H](O)[C@H]2O)c1. The minimum atomic E-state index is -3.41. The molecule has 9 atom stereocenters. The van der Waals surface area contributed by atoms with E-state index in [-0.39, 0.29) is 39.6 Å². The molecule has 69 heavy (non-hydrogen) atoms. The number of benzene rings is 3. The highest BCUT2D eigenvalue weighted by atomic mass is 16.8. The lowest BCUT2D eigenvalue weighted by molar-refractivity contribution is -1.04. The second kappa shape index (κ2) is 19.9. The number of quaternary nitrogens is 1. The molecule has 1 unspecified atom stereocenters. The monoisotopic (exact) mass is 958 g/mol. The lowest BCUT2D eigenvalue weighted by Crippen LogP contribution is -3.10. The van der Waals surface area contributed by atoms with E-state index in [9.17, 15) is 60.3 Å². The number of hydrogen-bond acceptors (Lipinski definition) is 18. The first-order valence-electron chi connectivity index (χ1n) is 22.6. The van der Waals surface area contributed by atoms with Gasteiger partial charge >= 0.3 is 11.9 Å². The van der Waals surface area contributed by atoms with Crippen LogP contribution in [0.2, 0.25) is 0 Å². The summed E-state index contributed by atoms with van der Waals surface area (Å²) in [5.41, 5.74) is -0.798. The van der Waals surface area contributed by atoms with Crippen LogP contribution in [0.15, 0.2) is 98.5 Å². The van der Waals surface area contributed by atoms with Crippen LogP contribution in [-0.2, 0) is 23.9 Å². The van der Waals surface area contributed by atoms with Crippen molar-refractivity contribution in [2.75, 3.05) is 26.4 Å². The van der Waals surface area contributed by atoms with Crippen LogP contribution in [0.4, 0.5) is 0 Å². The van der Waals surface area contributed by atoms with Gasteiger partial charge in [-0.15, -0.1) is 0 Å². The number of nitrogens with zero attached hydrogens (tertiary/aromatic N) is 1. The molecule has 1 aromatic heterocycles. The molecule has 0 amide bonds. The number of fused-ring (bicyclic) bond motifs is 2. The average Bonchev–Trinajstić information content (AvgIpc) is 3.90. The lowest BCUT2D eigenvalue weighted by Gasteiger charge is -2.51. The van der Waals surface area contributed by atoms with E-state index in [4.69, 9.17) is 23.5 Å². The number of esters is 1. The molecular weight excluding hydrogens is 903 g/mol. The molecule has 1 saturated heterocycles. The third-order valence-electron chi connectivity index (χ3n) is 13.2. The van der Waals surface area contributed by atoms with Crippen molar-refractivity contribution in [3.8, 4) is 22.6 Å². The summed E-state index contributed by atoms with van der Waals surface area (Å²) >= 11 is 0. The van der Waals surface area contributed by atoms with Gasteiger partial charge in [-0.05, 0) is 74.7 Å². The zero-order valence-electron chi connectivity index (χ0n) is 37.8. The Hall–Kier alpha value is -5.88. The molecule has 2 fully saturated rings. The second-order valence-corrected chi connectivity index (χ2v) is 18.1. The number of allylic oxidation sites excluding steroid dienone is 1. The van der Waals surface area contributed by atoms with Crippen LogP contribution in [0.5, 0.6) is 11.5 Å². The highest BCUT2D eigenvalue weighted by Crippen LogP contribution is 2.40. The predicted molar refractivity (Wildman–Crippen MR) is 243 cm³/mol. The molecule has 4 heterocycles. The number of carboxylic acids is 1. The van der Waals surface area contributed by atoms with Gasteiger partial charge < -0.3 is 64.6 Å². The van der Waals surface area contributed by atoms with Gasteiger partial charge in [0.05, 0.1) is 17.6 Å². The van der Waals surface area contributed by atoms with Crippen LogP contribution in [0, 0.1) is 19.8 Å². The molecule has 8 rings (SSSR count). The number of rotatable bonds is 17. The maximum Gasteiger partial charge on any atom is 0.327 e. The number of carbonyl (C=O) groups excluding carboxylic acids is 1. The third kappa shape index (κ3) is 9.58. The van der Waals surface area contributed by atoms with Crippen LogP contribution < -0.4 is 20.5 Å². The first-order valence-corrected chi connectivity index (χ1v) is 22.6. The number of phenols is 1. The van der Waals surface area contributed by atoms with E-state index < -0.39 is 97.3 Å². The van der Waals surface area contributed by atoms with Gasteiger partial charge in [-0.25, -0.2) is 4.99 Å². The Balaban J connectivity index is 1.17. The maximum absolute atomic E-state index is 14.0. The van der Waals surface area contributed by atoms with E-state index >= 15 is 0 Å². The number of aliphatic hydroxyl groups excluding tert-OH is 5. The molecular formula is C49H56N3O17+. The number of aliphatic hydroxyl groups is 7. The Morgan fingerprint density at radius 2 is 1.68 bits per heavy atom. The average molecular weight is 959 g/mol. The fraction of sp³-hybridized carbons (Fsp3) is 0.429. The minimum Gasteiger partial charge on any atom is -0.508 e. The third-order valence-corrected chi connectivity index (χ3v) is 13.2. The number of aliphatic imine (C=N–C) groups is 1. The number of nitrogens with one attached hydrogen (secondary N) is 2. The molecule has 3 aliphatic heterocycles. The molecule has 1 saturated carbocycles. The van der Waals surface area contributed by atoms with E-state index in [1.54, 1.807) is 12.3 Å². The highest BCUT2D eigenvalue weighted by molar-refractivity contribution is 5.95. The van der Waals surface area contributed by atoms with Gasteiger partial charge in [0.15, 0.2) is 23.1 Å². The topological polar surface area (TPSA) is 312 Å². The summed E-state index contributed by atoms with van der Waals surface area (Å²) in [6.45, 7) is 0.331. The smallest absolute Gasteiger partial charge is 0.327 e. The molecule has 4 aromatic rings. The normalized spacial score (nSPS) is 26.0. The molecule has 3 aromatic carbocycles. The lowest BCUT2D eigenvalue weighted by atomic mass is 9.84. The number of hydroxylamine groups is 2. The van der Waals surface area contributed by atoms with Gasteiger partial charge in [0.2, 0.25) is 11.9 Å². The standard InChI is InChI=1S/C49H55N3O17/c1-26-18-27(2)20-30(19-26)39-38-29(14-16-50-38)22-52(39)69-47(24-54)42(59)41(58)43(49(64,25-55)68-45(62)37(44(60)61)48(63,15-17-53)51-31-6-4-3-5-7-31)67-46(47)66-33-12-13-34-36(21-33)65-23-35(40(34)57)28-8-10-32(56)11-9-28/h8-14,16,18-21,23,31,37,41-43,46,51,53-56,58-59,63-64H,3-7,15,17,22,24-25H2,1-2H3,(H,60,61)/p+1/t37-,41+,42+,43+,46-,47-,48-,49+/m0/s1. The van der Waals surface area contributed by atoms with E-state index in [0.717, 1.165) is 36.0 Å². The number of phenolic OH excluding ortho intramolecular Hbond substituents is 1. The number of carbonyl (C=O) groups is 2. The van der Waals surface area contributed by atoms with Crippen molar-refractivity contribution >= 4 is 34.8 Å². The van der Waals surface area contributed by atoms with Gasteiger partial charge in [0, 0.05) is 42.5 Å². The van der Waals surface area contributed by atoms with E-state index in [1.807, 2.05) is 32.0 Å². The molecule has 0 spiro atoms. The Morgan fingerprint density at radius 3 is 2.33 bits per heavy atom. The Bertz CT molecular complexity index is 2710. The number of hydrogen-bond donors (Lipinski definition) is 11. The summed E-state index contributed by atoms with van der Waals surface area (Å²) in [6, 6.07) is 15.1. The highest BCUT2D eigenvalue weighted by Gasteiger charge is 2.67. The summed E-state index contributed by atoms with van der Waals surface area (Å²) in [5, 5.41) is 103. The van der Waals surface area contributed by atoms with Gasteiger partial charge in [-0.1, -0.05) is 48.6 Å². The van der Waals surface area contributed by atoms with Crippen molar-refractivity contribution in [1.82, 2.24) is 5.32 Å². The zero-order chi connectivity index (χ0) is 49.4. The quantitative estimate of drug-likeness (QED) is 0.0389. The fourth-order valence-electron chi connectivity index (χ4n) is 9.72. The molecule has 368 valence electrons. The molecule has 0 radical (unpaired) electrons. The fourth-order valence-corrected chi connectivity index (χ4v) is 9.72. The molecule has 0 bridgehead atoms. The minimum absolute atomic E-state index is 0.00850. The zero-order valence-corrected chi connectivity index (χ0v) is 37.8. The summed E-state index contributed by atoms with van der Waals surface area (Å²) in [7, 11) is 0. The van der Waals surface area contributed by atoms with Crippen LogP contribution in [0.3, 0.4) is 0 Å². The number of aryl methyl sites for hydroxylation is 2. The molecule has 1 aliphatic carbocycles. The van der Waals surface area contributed by atoms with E-state index in [2.05, 4.69) is 10.3 Å². The van der Waals surface area contributed by atoms with Crippen molar-refractivity contribution < 1.29 is 84.1 Å². The molecule has 4 aliphatic rings. The number of ether oxygens (including phenoxy) is 3. The van der Waals surface area contributed by atoms with Crippen molar-refractivity contribution in [3.05, 3.63) is 111 Å². The van der Waals surface area contributed by atoms with Crippen molar-refractivity contribution in [3.63, 3.8) is 0 Å². The number of carboxylic acid groups (broad SMARTS) is 1. The largest absolute Gasteiger partial charge is 0.508 e. The number of aliphatic carboxylic acids is 1. The van der Waals surface area contributed by atoms with Crippen LogP contribution >= 0.6 is 0 Å². The Labute approximate surface area is 394 Å². The molecule has 20 heteroatoms. The first-order chi connectivity index (χ1) is 32.9. The van der Waals surface area contributed by atoms with Crippen molar-refractivity contribution in [2.24, 2.45) is 10.9 Å². The summed E-state index contributed by atoms with van der Waals surface area (Å²) in [5.74, 6) is -9.85. The predicted octanol–water partition coefficient (Wildman–Crippen LogP) is 0.467. The molecule has 20 nitrogen and oxygen atoms in total. The van der Waals surface area contributed by atoms with E-state index in [1.165, 1.54) is 48.7 Å². The Morgan fingerprint density at radius 1 is 0.971 bits per heavy atom. The van der Waals surface area contributed by atoms with E-state index in [0.29, 0.717) is 35.4 Å². The number of aromatic hydroxyl groups is 1. The van der Waals surface area contributed by atoms with Gasteiger partial charge in [0.1, 0.15) is 60.1 Å². The van der Waals surface area contributed by atoms with Gasteiger partial charge in [-0.3, -0.25) is 19.7 Å². The molecule has 11 N–H and O–H groups in total. The summed E-state index contributed by atoms with van der Waals surface area (Å²) < 4.78 is 23.7. The van der Waals surface area contributed by atoms with Crippen LogP contribution in [0.25, 0.3) is 27.8 Å². The van der Waals surface area contributed by atoms with Gasteiger partial charge in [0.25, 0.3) is 5.79 Å². The van der Waals surface area contributed by atoms with Crippen LogP contribution in [0.1, 0.15) is 55.2 Å². The van der Waals surface area contributed by atoms with Crippen molar-refractivity contribution in [2.45, 2.75) is 100 Å². The van der Waals surface area contributed by atoms with Crippen LogP contribution in [-0.4, -0.2) is 138 Å². The summed E-state index contributed by atoms with van der Waals surface area (Å²) in [6.07, 6.45) is -2.01. The Kier molecular flexibility index (Phi) is 14.3.